The number of rotatable bonds is 3. The molecule has 1 saturated carbocycles. The molecule has 0 aromatic heterocycles. The van der Waals surface area contributed by atoms with Crippen LogP contribution in [-0.4, -0.2) is 23.8 Å². The van der Waals surface area contributed by atoms with Gasteiger partial charge in [0.2, 0.25) is 0 Å². The third-order valence-electron chi connectivity index (χ3n) is 3.44. The van der Waals surface area contributed by atoms with E-state index in [-0.39, 0.29) is 17.9 Å². The summed E-state index contributed by atoms with van der Waals surface area (Å²) < 4.78 is 18.5. The quantitative estimate of drug-likeness (QED) is 0.868. The number of halogens is 2. The molecule has 2 unspecified atom stereocenters. The van der Waals surface area contributed by atoms with Crippen LogP contribution in [0, 0.1) is 5.82 Å². The van der Waals surface area contributed by atoms with Crippen molar-refractivity contribution < 1.29 is 13.9 Å². The van der Waals surface area contributed by atoms with Crippen LogP contribution in [0.25, 0.3) is 0 Å². The molecule has 1 aromatic rings. The van der Waals surface area contributed by atoms with Crippen molar-refractivity contribution in [1.82, 2.24) is 5.32 Å². The molecule has 2 rings (SSSR count). The summed E-state index contributed by atoms with van der Waals surface area (Å²) in [5, 5.41) is 6.60. The predicted octanol–water partition coefficient (Wildman–Crippen LogP) is 4.34. The third-order valence-corrected chi connectivity index (χ3v) is 3.77. The average molecular weight is 329 g/mol. The van der Waals surface area contributed by atoms with E-state index in [1.165, 1.54) is 18.2 Å². The van der Waals surface area contributed by atoms with Crippen LogP contribution in [0.15, 0.2) is 18.2 Å². The van der Waals surface area contributed by atoms with Crippen molar-refractivity contribution in [2.45, 2.75) is 57.7 Å². The van der Waals surface area contributed by atoms with Gasteiger partial charge in [0.1, 0.15) is 11.4 Å². The molecule has 1 fully saturated rings. The zero-order valence-electron chi connectivity index (χ0n) is 13.1. The molecule has 22 heavy (non-hydrogen) atoms. The van der Waals surface area contributed by atoms with E-state index in [0.29, 0.717) is 10.7 Å². The Balaban J connectivity index is 1.85. The van der Waals surface area contributed by atoms with Crippen LogP contribution in [-0.2, 0) is 4.74 Å². The smallest absolute Gasteiger partial charge is 0.407 e. The van der Waals surface area contributed by atoms with Crippen LogP contribution >= 0.6 is 11.6 Å². The molecule has 0 saturated heterocycles. The molecule has 1 aliphatic carbocycles. The van der Waals surface area contributed by atoms with Crippen molar-refractivity contribution in [3.05, 3.63) is 29.0 Å². The lowest BCUT2D eigenvalue weighted by Gasteiger charge is -2.22. The number of anilines is 1. The fourth-order valence-corrected chi connectivity index (χ4v) is 2.72. The number of amides is 1. The van der Waals surface area contributed by atoms with Crippen LogP contribution in [0.2, 0.25) is 5.02 Å². The summed E-state index contributed by atoms with van der Waals surface area (Å²) >= 11 is 6.05. The number of carbonyl (C=O) groups excluding carboxylic acids is 1. The molecule has 1 amide bonds. The molecular weight excluding hydrogens is 307 g/mol. The number of hydrogen-bond acceptors (Lipinski definition) is 3. The van der Waals surface area contributed by atoms with E-state index in [2.05, 4.69) is 10.6 Å². The van der Waals surface area contributed by atoms with Crippen LogP contribution in [0.3, 0.4) is 0 Å². The molecule has 0 heterocycles. The van der Waals surface area contributed by atoms with E-state index < -0.39 is 11.7 Å². The number of benzene rings is 1. The van der Waals surface area contributed by atoms with Crippen molar-refractivity contribution in [2.75, 3.05) is 5.32 Å². The summed E-state index contributed by atoms with van der Waals surface area (Å²) in [7, 11) is 0. The third kappa shape index (κ3) is 5.05. The van der Waals surface area contributed by atoms with Crippen molar-refractivity contribution >= 4 is 23.4 Å². The van der Waals surface area contributed by atoms with Crippen LogP contribution in [0.4, 0.5) is 14.9 Å². The first-order valence-electron chi connectivity index (χ1n) is 7.44. The van der Waals surface area contributed by atoms with Crippen LogP contribution in [0.5, 0.6) is 0 Å². The van der Waals surface area contributed by atoms with Crippen molar-refractivity contribution in [3.63, 3.8) is 0 Å². The van der Waals surface area contributed by atoms with Crippen molar-refractivity contribution in [1.29, 1.82) is 0 Å². The summed E-state index contributed by atoms with van der Waals surface area (Å²) in [5.74, 6) is -0.326. The predicted molar refractivity (Wildman–Crippen MR) is 85.8 cm³/mol. The fraction of sp³-hybridized carbons (Fsp3) is 0.562. The topological polar surface area (TPSA) is 50.4 Å². The number of nitrogens with one attached hydrogen (secondary N) is 2. The van der Waals surface area contributed by atoms with Gasteiger partial charge in [-0.1, -0.05) is 11.6 Å². The highest BCUT2D eigenvalue weighted by Crippen LogP contribution is 2.28. The first kappa shape index (κ1) is 16.9. The molecule has 2 N–H and O–H groups in total. The Morgan fingerprint density at radius 3 is 2.68 bits per heavy atom. The molecule has 122 valence electrons. The van der Waals surface area contributed by atoms with Gasteiger partial charge in [-0.05, 0) is 58.2 Å². The molecule has 0 spiro atoms. The minimum absolute atomic E-state index is 0.0553. The van der Waals surface area contributed by atoms with Gasteiger partial charge in [0.05, 0.1) is 10.7 Å². The van der Waals surface area contributed by atoms with E-state index in [4.69, 9.17) is 16.3 Å². The molecule has 6 heteroatoms. The van der Waals surface area contributed by atoms with Gasteiger partial charge in [0.15, 0.2) is 0 Å². The normalized spacial score (nSPS) is 21.5. The maximum Gasteiger partial charge on any atom is 0.407 e. The van der Waals surface area contributed by atoms with E-state index in [9.17, 15) is 9.18 Å². The molecule has 0 aliphatic heterocycles. The van der Waals surface area contributed by atoms with Gasteiger partial charge in [-0.15, -0.1) is 0 Å². The van der Waals surface area contributed by atoms with Crippen LogP contribution in [0.1, 0.15) is 40.0 Å². The molecule has 0 radical (unpaired) electrons. The van der Waals surface area contributed by atoms with Crippen LogP contribution < -0.4 is 10.6 Å². The number of ether oxygens (including phenoxy) is 1. The average Bonchev–Trinajstić information content (AvgIpc) is 2.78. The number of carbonyl (C=O) groups is 1. The minimum atomic E-state index is -0.505. The molecule has 2 atom stereocenters. The monoisotopic (exact) mass is 328 g/mol. The SMILES string of the molecule is CC(C)(C)OC(=O)NC1CCC(Nc2cc(F)ccc2Cl)C1. The summed E-state index contributed by atoms with van der Waals surface area (Å²) in [6.45, 7) is 5.49. The standard InChI is InChI=1S/C16H22ClFN2O2/c1-16(2,3)22-15(21)20-12-6-5-11(9-12)19-14-8-10(18)4-7-13(14)17/h4,7-8,11-12,19H,5-6,9H2,1-3H3,(H,20,21). The number of alkyl carbamates (subject to hydrolysis) is 1. The Morgan fingerprint density at radius 1 is 1.32 bits per heavy atom. The highest BCUT2D eigenvalue weighted by Gasteiger charge is 2.28. The zero-order chi connectivity index (χ0) is 16.3. The van der Waals surface area contributed by atoms with E-state index >= 15 is 0 Å². The highest BCUT2D eigenvalue weighted by molar-refractivity contribution is 6.33. The summed E-state index contributed by atoms with van der Waals surface area (Å²) in [6, 6.07) is 4.45. The maximum atomic E-state index is 13.3. The van der Waals surface area contributed by atoms with Crippen molar-refractivity contribution in [2.24, 2.45) is 0 Å². The van der Waals surface area contributed by atoms with Gasteiger partial charge < -0.3 is 15.4 Å². The van der Waals surface area contributed by atoms with Gasteiger partial charge >= 0.3 is 6.09 Å². The largest absolute Gasteiger partial charge is 0.444 e. The maximum absolute atomic E-state index is 13.3. The molecule has 4 nitrogen and oxygen atoms in total. The molecule has 1 aliphatic rings. The van der Waals surface area contributed by atoms with Gasteiger partial charge in [0.25, 0.3) is 0 Å². The minimum Gasteiger partial charge on any atom is -0.444 e. The Bertz CT molecular complexity index is 545. The Kier molecular flexibility index (Phi) is 5.16. The highest BCUT2D eigenvalue weighted by atomic mass is 35.5. The zero-order valence-corrected chi connectivity index (χ0v) is 13.8. The second kappa shape index (κ2) is 6.73. The van der Waals surface area contributed by atoms with Gasteiger partial charge in [-0.3, -0.25) is 0 Å². The molecule has 1 aromatic carbocycles. The second-order valence-corrected chi connectivity index (χ2v) is 7.03. The van der Waals surface area contributed by atoms with Crippen molar-refractivity contribution in [3.8, 4) is 0 Å². The van der Waals surface area contributed by atoms with E-state index in [1.807, 2.05) is 20.8 Å². The fourth-order valence-electron chi connectivity index (χ4n) is 2.55. The Morgan fingerprint density at radius 2 is 2.00 bits per heavy atom. The second-order valence-electron chi connectivity index (χ2n) is 6.62. The molecule has 0 bridgehead atoms. The summed E-state index contributed by atoms with van der Waals surface area (Å²) in [4.78, 5) is 11.8. The Labute approximate surface area is 135 Å². The summed E-state index contributed by atoms with van der Waals surface area (Å²) in [5.41, 5.74) is 0.0830. The van der Waals surface area contributed by atoms with E-state index in [0.717, 1.165) is 19.3 Å². The Hall–Kier alpha value is -1.49. The lowest BCUT2D eigenvalue weighted by molar-refractivity contribution is 0.0505. The van der Waals surface area contributed by atoms with Gasteiger partial charge in [-0.2, -0.15) is 0 Å². The summed E-state index contributed by atoms with van der Waals surface area (Å²) in [6.07, 6.45) is 2.09. The number of hydrogen-bond donors (Lipinski definition) is 2. The lowest BCUT2D eigenvalue weighted by atomic mass is 10.2. The van der Waals surface area contributed by atoms with E-state index in [1.54, 1.807) is 0 Å². The van der Waals surface area contributed by atoms with Gasteiger partial charge in [-0.25, -0.2) is 9.18 Å². The lowest BCUT2D eigenvalue weighted by Crippen LogP contribution is -2.38. The molecular formula is C16H22ClFN2O2. The van der Waals surface area contributed by atoms with Gasteiger partial charge in [0, 0.05) is 12.1 Å². The first-order chi connectivity index (χ1) is 10.2. The first-order valence-corrected chi connectivity index (χ1v) is 7.82.